The molecule has 6 rings (SSSR count). The lowest BCUT2D eigenvalue weighted by Gasteiger charge is -2.29. The molecule has 10 heteroatoms. The van der Waals surface area contributed by atoms with Crippen LogP contribution in [0.4, 0.5) is 5.95 Å². The minimum Gasteiger partial charge on any atom is -0.381 e. The zero-order valence-electron chi connectivity index (χ0n) is 21.4. The summed E-state index contributed by atoms with van der Waals surface area (Å²) in [6.45, 7) is 2.16. The highest BCUT2D eigenvalue weighted by atomic mass is 16.5. The van der Waals surface area contributed by atoms with E-state index >= 15 is 0 Å². The molecule has 3 N–H and O–H groups in total. The highest BCUT2D eigenvalue weighted by Crippen LogP contribution is 2.30. The van der Waals surface area contributed by atoms with Crippen molar-refractivity contribution in [3.05, 3.63) is 42.5 Å². The molecule has 5 heterocycles. The molecule has 1 saturated heterocycles. The van der Waals surface area contributed by atoms with Gasteiger partial charge < -0.3 is 25.3 Å². The van der Waals surface area contributed by atoms with Gasteiger partial charge in [-0.1, -0.05) is 0 Å². The Morgan fingerprint density at radius 3 is 2.70 bits per heavy atom. The highest BCUT2D eigenvalue weighted by molar-refractivity contribution is 6.02. The first-order valence-corrected chi connectivity index (χ1v) is 13.2. The van der Waals surface area contributed by atoms with Crippen LogP contribution < -0.4 is 10.6 Å². The zero-order valence-corrected chi connectivity index (χ0v) is 21.4. The number of piperidine rings is 1. The van der Waals surface area contributed by atoms with Crippen molar-refractivity contribution in [1.82, 2.24) is 34.8 Å². The molecule has 1 amide bonds. The molecule has 194 valence electrons. The molecule has 4 aromatic rings. The number of ether oxygens (including phenoxy) is 1. The topological polar surface area (TPSA) is 112 Å². The Hall–Kier alpha value is -3.50. The van der Waals surface area contributed by atoms with Crippen molar-refractivity contribution in [3.63, 3.8) is 0 Å². The van der Waals surface area contributed by atoms with Gasteiger partial charge >= 0.3 is 0 Å². The summed E-state index contributed by atoms with van der Waals surface area (Å²) in [5.41, 5.74) is 4.12. The van der Waals surface area contributed by atoms with E-state index in [1.807, 2.05) is 30.7 Å². The molecule has 0 spiro atoms. The van der Waals surface area contributed by atoms with Crippen molar-refractivity contribution >= 4 is 28.4 Å². The molecule has 2 aliphatic rings. The molecule has 0 unspecified atom stereocenters. The van der Waals surface area contributed by atoms with Crippen LogP contribution in [0.3, 0.4) is 0 Å². The first kappa shape index (κ1) is 23.9. The standard InChI is InChI=1S/C27H34N8O2/c1-34-10-8-19(9-11-34)32-27-29-15-22-21(14-28-25(22)33-27)17-7-12-35-24(13-17)23(16-30-35)26(36)31-18-3-5-20(37-2)6-4-18/h7,12-16,18-20H,3-6,8-11H2,1-2H3,(H,31,36)(H2,28,29,32,33)/t18-,20-. The maximum atomic E-state index is 13.1. The summed E-state index contributed by atoms with van der Waals surface area (Å²) in [5, 5.41) is 12.0. The molecule has 1 saturated carbocycles. The number of aromatic nitrogens is 5. The molecule has 10 nitrogen and oxygen atoms in total. The molecule has 1 aliphatic carbocycles. The molecule has 2 fully saturated rings. The maximum Gasteiger partial charge on any atom is 0.255 e. The number of aromatic amines is 1. The van der Waals surface area contributed by atoms with E-state index < -0.39 is 0 Å². The average Bonchev–Trinajstić information content (AvgIpc) is 3.54. The Morgan fingerprint density at radius 1 is 1.11 bits per heavy atom. The van der Waals surface area contributed by atoms with Gasteiger partial charge in [0, 0.05) is 48.7 Å². The number of pyridine rings is 1. The van der Waals surface area contributed by atoms with Crippen LogP contribution in [0, 0.1) is 0 Å². The van der Waals surface area contributed by atoms with Crippen LogP contribution in [0.15, 0.2) is 36.9 Å². The normalized spacial score (nSPS) is 21.5. The van der Waals surface area contributed by atoms with E-state index in [0.717, 1.165) is 79.3 Å². The van der Waals surface area contributed by atoms with Gasteiger partial charge in [0.15, 0.2) is 0 Å². The van der Waals surface area contributed by atoms with Gasteiger partial charge in [-0.15, -0.1) is 0 Å². The van der Waals surface area contributed by atoms with Crippen molar-refractivity contribution in [2.75, 3.05) is 32.6 Å². The third-order valence-corrected chi connectivity index (χ3v) is 7.90. The van der Waals surface area contributed by atoms with E-state index in [2.05, 4.69) is 37.6 Å². The van der Waals surface area contributed by atoms with Crippen molar-refractivity contribution < 1.29 is 9.53 Å². The number of nitrogens with one attached hydrogen (secondary N) is 3. The fourth-order valence-corrected chi connectivity index (χ4v) is 5.58. The molecular weight excluding hydrogens is 468 g/mol. The van der Waals surface area contributed by atoms with E-state index in [-0.39, 0.29) is 11.9 Å². The van der Waals surface area contributed by atoms with Gasteiger partial charge in [-0.3, -0.25) is 4.79 Å². The number of fused-ring (bicyclic) bond motifs is 2. The summed E-state index contributed by atoms with van der Waals surface area (Å²) in [4.78, 5) is 28.1. The number of carbonyl (C=O) groups excluding carboxylic acids is 1. The number of likely N-dealkylation sites (tertiary alicyclic amines) is 1. The Labute approximate surface area is 215 Å². The SMILES string of the molecule is CO[C@H]1CC[C@H](NC(=O)c2cnn3ccc(-c4c[nH]c5nc(NC6CCN(C)CC6)ncc45)cc23)CC1. The fourth-order valence-electron chi connectivity index (χ4n) is 5.58. The van der Waals surface area contributed by atoms with Gasteiger partial charge in [-0.2, -0.15) is 10.1 Å². The lowest BCUT2D eigenvalue weighted by atomic mass is 9.93. The van der Waals surface area contributed by atoms with Gasteiger partial charge in [0.1, 0.15) is 5.65 Å². The van der Waals surface area contributed by atoms with Gasteiger partial charge in [-0.05, 0) is 76.4 Å². The number of methoxy groups -OCH3 is 1. The van der Waals surface area contributed by atoms with Gasteiger partial charge in [0.25, 0.3) is 5.91 Å². The van der Waals surface area contributed by atoms with Crippen molar-refractivity contribution in [3.8, 4) is 11.1 Å². The number of anilines is 1. The van der Waals surface area contributed by atoms with Crippen molar-refractivity contribution in [2.45, 2.75) is 56.7 Å². The number of rotatable bonds is 6. The van der Waals surface area contributed by atoms with Crippen LogP contribution in [0.25, 0.3) is 27.7 Å². The van der Waals surface area contributed by atoms with Gasteiger partial charge in [0.2, 0.25) is 5.95 Å². The van der Waals surface area contributed by atoms with E-state index in [9.17, 15) is 4.79 Å². The van der Waals surface area contributed by atoms with E-state index in [0.29, 0.717) is 23.7 Å². The summed E-state index contributed by atoms with van der Waals surface area (Å²) in [5.74, 6) is 0.570. The molecule has 1 aliphatic heterocycles. The zero-order chi connectivity index (χ0) is 25.4. The van der Waals surface area contributed by atoms with E-state index in [1.165, 1.54) is 0 Å². The molecular formula is C27H34N8O2. The molecule has 37 heavy (non-hydrogen) atoms. The number of H-pyrrole nitrogens is 1. The summed E-state index contributed by atoms with van der Waals surface area (Å²) >= 11 is 0. The largest absolute Gasteiger partial charge is 0.381 e. The van der Waals surface area contributed by atoms with Crippen molar-refractivity contribution in [1.29, 1.82) is 0 Å². The van der Waals surface area contributed by atoms with E-state index in [1.54, 1.807) is 17.8 Å². The Morgan fingerprint density at radius 2 is 1.92 bits per heavy atom. The van der Waals surface area contributed by atoms with Crippen LogP contribution in [-0.2, 0) is 4.74 Å². The quantitative estimate of drug-likeness (QED) is 0.370. The number of carbonyl (C=O) groups is 1. The number of hydrogen-bond acceptors (Lipinski definition) is 7. The van der Waals surface area contributed by atoms with Crippen LogP contribution in [-0.4, -0.2) is 80.8 Å². The number of hydrogen-bond donors (Lipinski definition) is 3. The van der Waals surface area contributed by atoms with Gasteiger partial charge in [0.05, 0.1) is 23.4 Å². The Kier molecular flexibility index (Phi) is 6.52. The molecule has 0 bridgehead atoms. The molecule has 4 aromatic heterocycles. The third kappa shape index (κ3) is 4.91. The first-order valence-electron chi connectivity index (χ1n) is 13.2. The Balaban J connectivity index is 1.21. The summed E-state index contributed by atoms with van der Waals surface area (Å²) in [6.07, 6.45) is 13.6. The smallest absolute Gasteiger partial charge is 0.255 e. The second-order valence-corrected chi connectivity index (χ2v) is 10.4. The van der Waals surface area contributed by atoms with Crippen LogP contribution in [0.2, 0.25) is 0 Å². The number of nitrogens with zero attached hydrogens (tertiary/aromatic N) is 5. The predicted molar refractivity (Wildman–Crippen MR) is 143 cm³/mol. The van der Waals surface area contributed by atoms with Crippen LogP contribution >= 0.6 is 0 Å². The summed E-state index contributed by atoms with van der Waals surface area (Å²) in [6, 6.07) is 4.57. The minimum atomic E-state index is -0.0834. The lowest BCUT2D eigenvalue weighted by Crippen LogP contribution is -2.38. The average molecular weight is 503 g/mol. The maximum absolute atomic E-state index is 13.1. The second-order valence-electron chi connectivity index (χ2n) is 10.4. The van der Waals surface area contributed by atoms with Crippen LogP contribution in [0.5, 0.6) is 0 Å². The molecule has 0 radical (unpaired) electrons. The highest BCUT2D eigenvalue weighted by Gasteiger charge is 2.24. The number of amides is 1. The monoisotopic (exact) mass is 502 g/mol. The van der Waals surface area contributed by atoms with Crippen molar-refractivity contribution in [2.24, 2.45) is 0 Å². The summed E-state index contributed by atoms with van der Waals surface area (Å²) < 4.78 is 7.20. The molecule has 0 atom stereocenters. The first-order chi connectivity index (χ1) is 18.1. The Bertz CT molecular complexity index is 1400. The second kappa shape index (κ2) is 10.1. The van der Waals surface area contributed by atoms with E-state index in [4.69, 9.17) is 9.72 Å². The van der Waals surface area contributed by atoms with Crippen LogP contribution in [0.1, 0.15) is 48.9 Å². The minimum absolute atomic E-state index is 0.0834. The predicted octanol–water partition coefficient (Wildman–Crippen LogP) is 3.47. The third-order valence-electron chi connectivity index (χ3n) is 7.90. The van der Waals surface area contributed by atoms with Gasteiger partial charge in [-0.25, -0.2) is 9.50 Å². The molecule has 0 aromatic carbocycles. The fraction of sp³-hybridized carbons (Fsp3) is 0.481. The summed E-state index contributed by atoms with van der Waals surface area (Å²) in [7, 11) is 3.91. The lowest BCUT2D eigenvalue weighted by molar-refractivity contribution is 0.0599.